The predicted octanol–water partition coefficient (Wildman–Crippen LogP) is 2.86. The number of carbonyl (C=O) groups excluding carboxylic acids is 1. The predicted molar refractivity (Wildman–Crippen MR) is 106 cm³/mol. The number of esters is 1. The summed E-state index contributed by atoms with van der Waals surface area (Å²) in [6.45, 7) is 4.92. The Morgan fingerprint density at radius 2 is 2.15 bits per heavy atom. The molecule has 1 aromatic carbocycles. The van der Waals surface area contributed by atoms with Crippen LogP contribution in [-0.2, 0) is 14.8 Å². The third-order valence-electron chi connectivity index (χ3n) is 4.53. The van der Waals surface area contributed by atoms with Gasteiger partial charge in [-0.3, -0.25) is 0 Å². The number of thiophene rings is 1. The van der Waals surface area contributed by atoms with Crippen LogP contribution in [0.3, 0.4) is 0 Å². The second-order valence-electron chi connectivity index (χ2n) is 6.30. The zero-order valence-corrected chi connectivity index (χ0v) is 17.1. The molecule has 1 fully saturated rings. The van der Waals surface area contributed by atoms with Gasteiger partial charge in [0.1, 0.15) is 4.88 Å². The van der Waals surface area contributed by atoms with E-state index in [1.54, 1.807) is 31.2 Å². The van der Waals surface area contributed by atoms with Gasteiger partial charge in [0.25, 0.3) is 0 Å². The van der Waals surface area contributed by atoms with Gasteiger partial charge < -0.3 is 10.5 Å². The molecule has 0 bridgehead atoms. The summed E-state index contributed by atoms with van der Waals surface area (Å²) in [6.07, 6.45) is 0.782. The van der Waals surface area contributed by atoms with Gasteiger partial charge in [0.15, 0.2) is 0 Å². The Kier molecular flexibility index (Phi) is 6.68. The molecular weight excluding hydrogens is 396 g/mol. The van der Waals surface area contributed by atoms with Crippen LogP contribution in [0.5, 0.6) is 0 Å². The third kappa shape index (κ3) is 4.04. The van der Waals surface area contributed by atoms with E-state index in [0.29, 0.717) is 24.6 Å². The van der Waals surface area contributed by atoms with E-state index in [-0.39, 0.29) is 35.2 Å². The van der Waals surface area contributed by atoms with Crippen LogP contribution in [0.4, 0.5) is 0 Å². The van der Waals surface area contributed by atoms with Crippen LogP contribution in [0.25, 0.3) is 10.1 Å². The molecule has 2 N–H and O–H groups in total. The van der Waals surface area contributed by atoms with Crippen LogP contribution in [0.2, 0.25) is 0 Å². The summed E-state index contributed by atoms with van der Waals surface area (Å²) < 4.78 is 33.1. The Morgan fingerprint density at radius 3 is 2.77 bits per heavy atom. The molecule has 144 valence electrons. The molecule has 0 radical (unpaired) electrons. The topological polar surface area (TPSA) is 89.7 Å². The first kappa shape index (κ1) is 21.1. The van der Waals surface area contributed by atoms with Crippen molar-refractivity contribution in [2.45, 2.75) is 31.2 Å². The maximum atomic E-state index is 12.9. The van der Waals surface area contributed by atoms with Gasteiger partial charge in [-0.15, -0.1) is 23.7 Å². The molecule has 6 nitrogen and oxygen atoms in total. The zero-order chi connectivity index (χ0) is 18.2. The lowest BCUT2D eigenvalue weighted by molar-refractivity contribution is 0.0532. The molecule has 1 aliphatic heterocycles. The van der Waals surface area contributed by atoms with Crippen molar-refractivity contribution in [2.24, 2.45) is 11.7 Å². The van der Waals surface area contributed by atoms with E-state index in [9.17, 15) is 13.2 Å². The van der Waals surface area contributed by atoms with Gasteiger partial charge in [-0.25, -0.2) is 13.2 Å². The quantitative estimate of drug-likeness (QED) is 0.754. The summed E-state index contributed by atoms with van der Waals surface area (Å²) >= 11 is 1.30. The standard InChI is InChI=1S/C17H22N2O4S2.ClH/c1-3-23-17(20)16-9-13-8-14(4-5-15(13)24-16)25(21,22)19-7-6-12(10-19)11(2)18;/h4-5,8-9,11-12H,3,6-7,10,18H2,1-2H3;1H. The monoisotopic (exact) mass is 418 g/mol. The lowest BCUT2D eigenvalue weighted by atomic mass is 10.0. The van der Waals surface area contributed by atoms with Crippen molar-refractivity contribution in [3.63, 3.8) is 0 Å². The van der Waals surface area contributed by atoms with Crippen molar-refractivity contribution in [3.8, 4) is 0 Å². The number of rotatable bonds is 5. The molecule has 9 heteroatoms. The number of hydrogen-bond acceptors (Lipinski definition) is 6. The SMILES string of the molecule is CCOC(=O)c1cc2cc(S(=O)(=O)N3CCC(C(C)N)C3)ccc2s1.Cl. The first-order valence-electron chi connectivity index (χ1n) is 8.29. The second kappa shape index (κ2) is 8.22. The van der Waals surface area contributed by atoms with Gasteiger partial charge in [0.2, 0.25) is 10.0 Å². The Hall–Kier alpha value is -1.19. The number of hydrogen-bond donors (Lipinski definition) is 1. The maximum absolute atomic E-state index is 12.9. The van der Waals surface area contributed by atoms with Crippen LogP contribution in [0.1, 0.15) is 29.9 Å². The lowest BCUT2D eigenvalue weighted by Crippen LogP contribution is -2.33. The minimum absolute atomic E-state index is 0. The van der Waals surface area contributed by atoms with Crippen molar-refractivity contribution in [1.82, 2.24) is 4.31 Å². The van der Waals surface area contributed by atoms with E-state index < -0.39 is 10.0 Å². The average molecular weight is 419 g/mol. The molecule has 0 saturated carbocycles. The molecule has 0 amide bonds. The van der Waals surface area contributed by atoms with Gasteiger partial charge in [-0.05, 0) is 55.8 Å². The molecule has 26 heavy (non-hydrogen) atoms. The highest BCUT2D eigenvalue weighted by Crippen LogP contribution is 2.31. The number of halogens is 1. The van der Waals surface area contributed by atoms with Crippen LogP contribution < -0.4 is 5.73 Å². The Labute approximate surface area is 163 Å². The minimum atomic E-state index is -3.55. The molecule has 2 heterocycles. The van der Waals surface area contributed by atoms with E-state index in [1.165, 1.54) is 15.6 Å². The summed E-state index contributed by atoms with van der Waals surface area (Å²) in [5, 5.41) is 0.733. The fraction of sp³-hybridized carbons (Fsp3) is 0.471. The smallest absolute Gasteiger partial charge is 0.348 e. The molecule has 2 atom stereocenters. The van der Waals surface area contributed by atoms with Gasteiger partial charge in [-0.2, -0.15) is 4.31 Å². The molecule has 1 saturated heterocycles. The summed E-state index contributed by atoms with van der Waals surface area (Å²) in [7, 11) is -3.55. The number of benzene rings is 1. The largest absolute Gasteiger partial charge is 0.462 e. The lowest BCUT2D eigenvalue weighted by Gasteiger charge is -2.18. The molecule has 3 rings (SSSR count). The fourth-order valence-electron chi connectivity index (χ4n) is 3.04. The van der Waals surface area contributed by atoms with Gasteiger partial charge in [0, 0.05) is 23.8 Å². The second-order valence-corrected chi connectivity index (χ2v) is 9.32. The van der Waals surface area contributed by atoms with Crippen LogP contribution >= 0.6 is 23.7 Å². The highest BCUT2D eigenvalue weighted by atomic mass is 35.5. The number of sulfonamides is 1. The fourth-order valence-corrected chi connectivity index (χ4v) is 5.52. The minimum Gasteiger partial charge on any atom is -0.462 e. The third-order valence-corrected chi connectivity index (χ3v) is 7.49. The van der Waals surface area contributed by atoms with E-state index in [2.05, 4.69) is 0 Å². The van der Waals surface area contributed by atoms with Gasteiger partial charge >= 0.3 is 5.97 Å². The van der Waals surface area contributed by atoms with E-state index in [0.717, 1.165) is 16.5 Å². The number of nitrogens with zero attached hydrogens (tertiary/aromatic N) is 1. The molecule has 0 spiro atoms. The number of nitrogens with two attached hydrogens (primary N) is 1. The molecule has 1 aromatic heterocycles. The van der Waals surface area contributed by atoms with Crippen molar-refractivity contribution < 1.29 is 17.9 Å². The van der Waals surface area contributed by atoms with Gasteiger partial charge in [0.05, 0.1) is 11.5 Å². The Bertz CT molecular complexity index is 895. The van der Waals surface area contributed by atoms with Crippen molar-refractivity contribution in [1.29, 1.82) is 0 Å². The Balaban J connectivity index is 0.00000243. The summed E-state index contributed by atoms with van der Waals surface area (Å²) in [5.41, 5.74) is 5.91. The highest BCUT2D eigenvalue weighted by molar-refractivity contribution is 7.89. The normalized spacial score (nSPS) is 19.3. The summed E-state index contributed by atoms with van der Waals surface area (Å²) in [4.78, 5) is 12.6. The zero-order valence-electron chi connectivity index (χ0n) is 14.7. The van der Waals surface area contributed by atoms with E-state index in [1.807, 2.05) is 6.92 Å². The van der Waals surface area contributed by atoms with Crippen LogP contribution in [0.15, 0.2) is 29.2 Å². The van der Waals surface area contributed by atoms with Crippen LogP contribution in [-0.4, -0.2) is 44.4 Å². The highest BCUT2D eigenvalue weighted by Gasteiger charge is 2.34. The van der Waals surface area contributed by atoms with Crippen molar-refractivity contribution >= 4 is 49.8 Å². The van der Waals surface area contributed by atoms with Crippen molar-refractivity contribution in [2.75, 3.05) is 19.7 Å². The van der Waals surface area contributed by atoms with Crippen molar-refractivity contribution in [3.05, 3.63) is 29.1 Å². The molecular formula is C17H23ClN2O4S2. The average Bonchev–Trinajstić information content (AvgIpc) is 3.21. The summed E-state index contributed by atoms with van der Waals surface area (Å²) in [6, 6.07) is 6.64. The van der Waals surface area contributed by atoms with E-state index >= 15 is 0 Å². The molecule has 2 aromatic rings. The molecule has 2 unspecified atom stereocenters. The molecule has 0 aliphatic carbocycles. The first-order valence-corrected chi connectivity index (χ1v) is 10.5. The Morgan fingerprint density at radius 1 is 1.42 bits per heavy atom. The maximum Gasteiger partial charge on any atom is 0.348 e. The first-order chi connectivity index (χ1) is 11.8. The number of carbonyl (C=O) groups is 1. The van der Waals surface area contributed by atoms with Gasteiger partial charge in [-0.1, -0.05) is 0 Å². The van der Waals surface area contributed by atoms with Crippen LogP contribution in [0, 0.1) is 5.92 Å². The molecule has 1 aliphatic rings. The number of ether oxygens (including phenoxy) is 1. The number of fused-ring (bicyclic) bond motifs is 1. The van der Waals surface area contributed by atoms with E-state index in [4.69, 9.17) is 10.5 Å². The summed E-state index contributed by atoms with van der Waals surface area (Å²) in [5.74, 6) is -0.192.